The molecule has 2 aromatic carbocycles. The summed E-state index contributed by atoms with van der Waals surface area (Å²) < 4.78 is 17.2. The maximum absolute atomic E-state index is 11.5. The Morgan fingerprint density at radius 3 is 2.64 bits per heavy atom. The molecule has 5 nitrogen and oxygen atoms in total. The molecule has 0 aliphatic rings. The average Bonchev–Trinajstić information content (AvgIpc) is 2.63. The van der Waals surface area contributed by atoms with Gasteiger partial charge in [0.2, 0.25) is 0 Å². The van der Waals surface area contributed by atoms with Crippen molar-refractivity contribution in [2.24, 2.45) is 0 Å². The molecule has 6 heteroatoms. The smallest absolute Gasteiger partial charge is 0.407 e. The van der Waals surface area contributed by atoms with Crippen molar-refractivity contribution >= 4 is 22.0 Å². The SMILES string of the molecule is Cc1cc(OCCOCCNC(=O)OCc2ccccc2)ccc1Br. The van der Waals surface area contributed by atoms with Crippen LogP contribution in [0.3, 0.4) is 0 Å². The Morgan fingerprint density at radius 2 is 1.88 bits per heavy atom. The summed E-state index contributed by atoms with van der Waals surface area (Å²) in [6.07, 6.45) is -0.450. The highest BCUT2D eigenvalue weighted by Gasteiger charge is 2.02. The lowest BCUT2D eigenvalue weighted by Gasteiger charge is -2.09. The summed E-state index contributed by atoms with van der Waals surface area (Å²) in [5, 5.41) is 2.64. The van der Waals surface area contributed by atoms with E-state index >= 15 is 0 Å². The molecule has 0 heterocycles. The number of benzene rings is 2. The Morgan fingerprint density at radius 1 is 1.08 bits per heavy atom. The van der Waals surface area contributed by atoms with Crippen LogP contribution in [-0.2, 0) is 16.1 Å². The normalized spacial score (nSPS) is 10.3. The molecule has 0 aliphatic heterocycles. The van der Waals surface area contributed by atoms with Crippen LogP contribution in [0.1, 0.15) is 11.1 Å². The Labute approximate surface area is 156 Å². The zero-order chi connectivity index (χ0) is 17.9. The van der Waals surface area contributed by atoms with Gasteiger partial charge in [0.1, 0.15) is 19.0 Å². The molecule has 25 heavy (non-hydrogen) atoms. The third-order valence-electron chi connectivity index (χ3n) is 3.35. The minimum absolute atomic E-state index is 0.258. The minimum Gasteiger partial charge on any atom is -0.491 e. The molecule has 2 aromatic rings. The van der Waals surface area contributed by atoms with Crippen molar-refractivity contribution in [2.45, 2.75) is 13.5 Å². The van der Waals surface area contributed by atoms with Gasteiger partial charge in [-0.05, 0) is 36.2 Å². The lowest BCUT2D eigenvalue weighted by atomic mass is 10.2. The van der Waals surface area contributed by atoms with Crippen LogP contribution >= 0.6 is 15.9 Å². The number of alkyl carbamates (subject to hydrolysis) is 1. The number of hydrogen-bond acceptors (Lipinski definition) is 4. The number of nitrogens with one attached hydrogen (secondary N) is 1. The second kappa shape index (κ2) is 10.7. The molecule has 0 bridgehead atoms. The Balaban J connectivity index is 1.49. The maximum Gasteiger partial charge on any atom is 0.407 e. The highest BCUT2D eigenvalue weighted by atomic mass is 79.9. The summed E-state index contributed by atoms with van der Waals surface area (Å²) >= 11 is 3.45. The monoisotopic (exact) mass is 407 g/mol. The fourth-order valence-electron chi connectivity index (χ4n) is 2.03. The van der Waals surface area contributed by atoms with Gasteiger partial charge in [0.05, 0.1) is 13.2 Å². The summed E-state index contributed by atoms with van der Waals surface area (Å²) in [7, 11) is 0. The van der Waals surface area contributed by atoms with E-state index < -0.39 is 6.09 Å². The number of carbonyl (C=O) groups excluding carboxylic acids is 1. The Hall–Kier alpha value is -2.05. The summed E-state index contributed by atoms with van der Waals surface area (Å²) in [5.74, 6) is 0.812. The van der Waals surface area contributed by atoms with Gasteiger partial charge < -0.3 is 19.5 Å². The van der Waals surface area contributed by atoms with E-state index in [9.17, 15) is 4.79 Å². The van der Waals surface area contributed by atoms with E-state index in [-0.39, 0.29) is 6.61 Å². The fraction of sp³-hybridized carbons (Fsp3) is 0.316. The van der Waals surface area contributed by atoms with Gasteiger partial charge >= 0.3 is 6.09 Å². The first-order valence-electron chi connectivity index (χ1n) is 8.06. The van der Waals surface area contributed by atoms with Crippen LogP contribution in [0.5, 0.6) is 5.75 Å². The van der Waals surface area contributed by atoms with Gasteiger partial charge in [-0.1, -0.05) is 46.3 Å². The highest BCUT2D eigenvalue weighted by molar-refractivity contribution is 9.10. The number of hydrogen-bond donors (Lipinski definition) is 1. The van der Waals surface area contributed by atoms with E-state index in [2.05, 4.69) is 21.2 Å². The second-order valence-corrected chi connectivity index (χ2v) is 6.21. The van der Waals surface area contributed by atoms with E-state index in [1.54, 1.807) is 0 Å². The summed E-state index contributed by atoms with van der Waals surface area (Å²) in [6, 6.07) is 15.4. The van der Waals surface area contributed by atoms with Crippen LogP contribution in [0.2, 0.25) is 0 Å². The molecule has 0 aliphatic carbocycles. The first-order chi connectivity index (χ1) is 12.1. The molecule has 1 amide bonds. The zero-order valence-corrected chi connectivity index (χ0v) is 15.8. The van der Waals surface area contributed by atoms with Crippen molar-refractivity contribution in [3.05, 3.63) is 64.1 Å². The number of aryl methyl sites for hydroxylation is 1. The summed E-state index contributed by atoms with van der Waals surface area (Å²) in [4.78, 5) is 11.5. The number of rotatable bonds is 9. The van der Waals surface area contributed by atoms with E-state index in [1.165, 1.54) is 0 Å². The van der Waals surface area contributed by atoms with Gasteiger partial charge in [0.15, 0.2) is 0 Å². The van der Waals surface area contributed by atoms with Gasteiger partial charge in [-0.3, -0.25) is 0 Å². The van der Waals surface area contributed by atoms with E-state index in [1.807, 2.05) is 55.5 Å². The largest absolute Gasteiger partial charge is 0.491 e. The molecule has 0 atom stereocenters. The fourth-order valence-corrected chi connectivity index (χ4v) is 2.27. The molecular formula is C19H22BrNO4. The van der Waals surface area contributed by atoms with Crippen LogP contribution in [0.15, 0.2) is 53.0 Å². The Kier molecular flexibility index (Phi) is 8.28. The van der Waals surface area contributed by atoms with Crippen molar-refractivity contribution in [1.29, 1.82) is 0 Å². The first kappa shape index (κ1) is 19.3. The van der Waals surface area contributed by atoms with Gasteiger partial charge in [0.25, 0.3) is 0 Å². The van der Waals surface area contributed by atoms with Crippen LogP contribution in [0, 0.1) is 6.92 Å². The summed E-state index contributed by atoms with van der Waals surface area (Å²) in [6.45, 7) is 3.98. The lowest BCUT2D eigenvalue weighted by Crippen LogP contribution is -2.28. The number of carbonyl (C=O) groups is 1. The van der Waals surface area contributed by atoms with Gasteiger partial charge in [-0.25, -0.2) is 4.79 Å². The van der Waals surface area contributed by atoms with E-state index in [0.29, 0.717) is 26.4 Å². The predicted molar refractivity (Wildman–Crippen MR) is 99.8 cm³/mol. The van der Waals surface area contributed by atoms with E-state index in [0.717, 1.165) is 21.3 Å². The topological polar surface area (TPSA) is 56.8 Å². The first-order valence-corrected chi connectivity index (χ1v) is 8.85. The van der Waals surface area contributed by atoms with Crippen molar-refractivity contribution < 1.29 is 19.0 Å². The zero-order valence-electron chi connectivity index (χ0n) is 14.2. The highest BCUT2D eigenvalue weighted by Crippen LogP contribution is 2.21. The molecule has 0 radical (unpaired) electrons. The summed E-state index contributed by atoms with van der Waals surface area (Å²) in [5.41, 5.74) is 2.07. The Bertz CT molecular complexity index is 664. The van der Waals surface area contributed by atoms with Crippen LogP contribution in [-0.4, -0.2) is 32.5 Å². The quantitative estimate of drug-likeness (QED) is 0.636. The third-order valence-corrected chi connectivity index (χ3v) is 4.24. The molecule has 0 spiro atoms. The predicted octanol–water partition coefficient (Wildman–Crippen LogP) is 4.08. The standard InChI is InChI=1S/C19H22BrNO4/c1-15-13-17(7-8-18(15)20)24-12-11-23-10-9-21-19(22)25-14-16-5-3-2-4-6-16/h2-8,13H,9-12,14H2,1H3,(H,21,22). The third kappa shape index (κ3) is 7.58. The van der Waals surface area contributed by atoms with Gasteiger partial charge in [-0.15, -0.1) is 0 Å². The number of ether oxygens (including phenoxy) is 3. The molecule has 0 saturated carbocycles. The second-order valence-electron chi connectivity index (χ2n) is 5.36. The molecule has 134 valence electrons. The van der Waals surface area contributed by atoms with Gasteiger partial charge in [-0.2, -0.15) is 0 Å². The van der Waals surface area contributed by atoms with Gasteiger partial charge in [0, 0.05) is 11.0 Å². The van der Waals surface area contributed by atoms with Crippen molar-refractivity contribution in [1.82, 2.24) is 5.32 Å². The molecule has 0 unspecified atom stereocenters. The van der Waals surface area contributed by atoms with Crippen LogP contribution < -0.4 is 10.1 Å². The van der Waals surface area contributed by atoms with Crippen molar-refractivity contribution in [3.8, 4) is 5.75 Å². The van der Waals surface area contributed by atoms with Crippen LogP contribution in [0.25, 0.3) is 0 Å². The van der Waals surface area contributed by atoms with Crippen molar-refractivity contribution in [2.75, 3.05) is 26.4 Å². The van der Waals surface area contributed by atoms with Crippen LogP contribution in [0.4, 0.5) is 4.79 Å². The minimum atomic E-state index is -0.450. The number of amides is 1. The molecule has 1 N–H and O–H groups in total. The van der Waals surface area contributed by atoms with Crippen molar-refractivity contribution in [3.63, 3.8) is 0 Å². The maximum atomic E-state index is 11.5. The van der Waals surface area contributed by atoms with E-state index in [4.69, 9.17) is 14.2 Å². The molecule has 2 rings (SSSR count). The number of halogens is 1. The lowest BCUT2D eigenvalue weighted by molar-refractivity contribution is 0.0966. The molecule has 0 aromatic heterocycles. The molecule has 0 fully saturated rings. The molecule has 0 saturated heterocycles. The average molecular weight is 408 g/mol. The molecular weight excluding hydrogens is 386 g/mol.